The van der Waals surface area contributed by atoms with E-state index in [1.54, 1.807) is 80.9 Å². The standard InChI is InChI=1S/C26H24ClN3O5/c1-34-21-12-8-19(9-13-21)28-24(31)15-23-25(32)30(20-10-6-18(27)7-11-20)26(33)29(23)16-17-4-3-5-22(14-17)35-2/h3-14,23H,15-16H2,1-2H3,(H,28,31)/t23-/m0/s1. The number of ether oxygens (including phenoxy) is 2. The molecule has 1 heterocycles. The van der Waals surface area contributed by atoms with E-state index in [0.29, 0.717) is 27.9 Å². The third-order valence-corrected chi connectivity index (χ3v) is 5.90. The van der Waals surface area contributed by atoms with Crippen LogP contribution in [-0.2, 0) is 16.1 Å². The third kappa shape index (κ3) is 5.38. The minimum atomic E-state index is -0.984. The Hall–Kier alpha value is -4.04. The highest BCUT2D eigenvalue weighted by Crippen LogP contribution is 2.30. The van der Waals surface area contributed by atoms with Crippen LogP contribution in [0.15, 0.2) is 72.8 Å². The van der Waals surface area contributed by atoms with Crippen LogP contribution in [0, 0.1) is 0 Å². The van der Waals surface area contributed by atoms with E-state index in [9.17, 15) is 14.4 Å². The molecule has 0 aromatic heterocycles. The quantitative estimate of drug-likeness (QED) is 0.458. The van der Waals surface area contributed by atoms with Gasteiger partial charge in [-0.25, -0.2) is 9.69 Å². The topological polar surface area (TPSA) is 88.2 Å². The lowest BCUT2D eigenvalue weighted by molar-refractivity contribution is -0.124. The van der Waals surface area contributed by atoms with E-state index < -0.39 is 23.9 Å². The van der Waals surface area contributed by atoms with E-state index in [0.717, 1.165) is 10.5 Å². The van der Waals surface area contributed by atoms with E-state index in [2.05, 4.69) is 5.32 Å². The second-order valence-corrected chi connectivity index (χ2v) is 8.35. The number of amides is 4. The molecule has 4 rings (SSSR count). The van der Waals surface area contributed by atoms with Crippen LogP contribution in [0.25, 0.3) is 0 Å². The third-order valence-electron chi connectivity index (χ3n) is 5.64. The number of carbonyl (C=O) groups excluding carboxylic acids is 3. The zero-order valence-electron chi connectivity index (χ0n) is 19.2. The van der Waals surface area contributed by atoms with E-state index in [-0.39, 0.29) is 13.0 Å². The smallest absolute Gasteiger partial charge is 0.332 e. The first kappa shape index (κ1) is 24.1. The van der Waals surface area contributed by atoms with Crippen molar-refractivity contribution in [1.29, 1.82) is 0 Å². The number of hydrogen-bond donors (Lipinski definition) is 1. The molecule has 1 atom stereocenters. The van der Waals surface area contributed by atoms with E-state index in [1.807, 2.05) is 6.07 Å². The summed E-state index contributed by atoms with van der Waals surface area (Å²) in [5, 5.41) is 3.26. The van der Waals surface area contributed by atoms with Crippen molar-refractivity contribution in [1.82, 2.24) is 4.90 Å². The number of anilines is 2. The number of imide groups is 1. The van der Waals surface area contributed by atoms with Gasteiger partial charge >= 0.3 is 6.03 Å². The molecular formula is C26H24ClN3O5. The van der Waals surface area contributed by atoms with Crippen LogP contribution >= 0.6 is 11.6 Å². The van der Waals surface area contributed by atoms with Gasteiger partial charge in [-0.3, -0.25) is 9.59 Å². The highest BCUT2D eigenvalue weighted by atomic mass is 35.5. The first-order chi connectivity index (χ1) is 16.9. The van der Waals surface area contributed by atoms with Crippen molar-refractivity contribution >= 4 is 40.8 Å². The number of methoxy groups -OCH3 is 2. The van der Waals surface area contributed by atoms with Gasteiger partial charge in [0.2, 0.25) is 5.91 Å². The van der Waals surface area contributed by atoms with Gasteiger partial charge in [0.05, 0.1) is 26.3 Å². The fraction of sp³-hybridized carbons (Fsp3) is 0.192. The van der Waals surface area contributed by atoms with Gasteiger partial charge in [0, 0.05) is 17.3 Å². The summed E-state index contributed by atoms with van der Waals surface area (Å²) in [4.78, 5) is 42.2. The van der Waals surface area contributed by atoms with Crippen molar-refractivity contribution in [3.05, 3.63) is 83.4 Å². The van der Waals surface area contributed by atoms with Gasteiger partial charge in [-0.1, -0.05) is 23.7 Å². The summed E-state index contributed by atoms with van der Waals surface area (Å²) < 4.78 is 10.4. The molecule has 9 heteroatoms. The Morgan fingerprint density at radius 1 is 0.943 bits per heavy atom. The van der Waals surface area contributed by atoms with Gasteiger partial charge in [-0.15, -0.1) is 0 Å². The highest BCUT2D eigenvalue weighted by molar-refractivity contribution is 6.30. The van der Waals surface area contributed by atoms with Gasteiger partial charge in [0.15, 0.2) is 0 Å². The van der Waals surface area contributed by atoms with Crippen LogP contribution in [0.1, 0.15) is 12.0 Å². The van der Waals surface area contributed by atoms with Crippen molar-refractivity contribution in [3.8, 4) is 11.5 Å². The molecule has 0 bridgehead atoms. The van der Waals surface area contributed by atoms with Gasteiger partial charge in [0.1, 0.15) is 17.5 Å². The molecule has 1 saturated heterocycles. The van der Waals surface area contributed by atoms with E-state index >= 15 is 0 Å². The molecule has 4 amide bonds. The molecular weight excluding hydrogens is 470 g/mol. The molecule has 35 heavy (non-hydrogen) atoms. The summed E-state index contributed by atoms with van der Waals surface area (Å²) in [6.07, 6.45) is -0.204. The molecule has 3 aromatic carbocycles. The van der Waals surface area contributed by atoms with Crippen LogP contribution in [-0.4, -0.2) is 43.0 Å². The molecule has 1 fully saturated rings. The number of hydrogen-bond acceptors (Lipinski definition) is 5. The summed E-state index contributed by atoms with van der Waals surface area (Å²) in [5.41, 5.74) is 1.71. The summed E-state index contributed by atoms with van der Waals surface area (Å²) in [6.45, 7) is 0.131. The monoisotopic (exact) mass is 493 g/mol. The minimum absolute atomic E-state index is 0.131. The first-order valence-corrected chi connectivity index (χ1v) is 11.2. The molecule has 1 aliphatic heterocycles. The van der Waals surface area contributed by atoms with Crippen molar-refractivity contribution in [2.75, 3.05) is 24.4 Å². The second kappa shape index (κ2) is 10.5. The Morgan fingerprint density at radius 3 is 2.29 bits per heavy atom. The van der Waals surface area contributed by atoms with Gasteiger partial charge in [-0.2, -0.15) is 0 Å². The van der Waals surface area contributed by atoms with Gasteiger partial charge < -0.3 is 19.7 Å². The van der Waals surface area contributed by atoms with Crippen LogP contribution in [0.2, 0.25) is 5.02 Å². The SMILES string of the molecule is COc1ccc(NC(=O)C[C@H]2C(=O)N(c3ccc(Cl)cc3)C(=O)N2Cc2cccc(OC)c2)cc1. The zero-order chi connectivity index (χ0) is 24.9. The fourth-order valence-electron chi connectivity index (χ4n) is 3.87. The van der Waals surface area contributed by atoms with Crippen molar-refractivity contribution in [3.63, 3.8) is 0 Å². The molecule has 1 aliphatic rings. The fourth-order valence-corrected chi connectivity index (χ4v) is 4.00. The van der Waals surface area contributed by atoms with Gasteiger partial charge in [-0.05, 0) is 66.2 Å². The number of nitrogens with one attached hydrogen (secondary N) is 1. The Kier molecular flexibility index (Phi) is 7.22. The molecule has 1 N–H and O–H groups in total. The maximum atomic E-state index is 13.4. The lowest BCUT2D eigenvalue weighted by Crippen LogP contribution is -2.37. The maximum absolute atomic E-state index is 13.4. The Morgan fingerprint density at radius 2 is 1.63 bits per heavy atom. The molecule has 0 unspecified atom stereocenters. The van der Waals surface area contributed by atoms with Gasteiger partial charge in [0.25, 0.3) is 5.91 Å². The molecule has 0 aliphatic carbocycles. The average molecular weight is 494 g/mol. The Labute approximate surface area is 208 Å². The minimum Gasteiger partial charge on any atom is -0.497 e. The zero-order valence-corrected chi connectivity index (χ0v) is 20.0. The summed E-state index contributed by atoms with van der Waals surface area (Å²) >= 11 is 5.98. The predicted molar refractivity (Wildman–Crippen MR) is 133 cm³/mol. The van der Waals surface area contributed by atoms with E-state index in [1.165, 1.54) is 4.90 Å². The van der Waals surface area contributed by atoms with Crippen molar-refractivity contribution < 1.29 is 23.9 Å². The second-order valence-electron chi connectivity index (χ2n) is 7.91. The van der Waals surface area contributed by atoms with E-state index in [4.69, 9.17) is 21.1 Å². The Balaban J connectivity index is 1.59. The molecule has 0 spiro atoms. The lowest BCUT2D eigenvalue weighted by Gasteiger charge is -2.22. The molecule has 0 saturated carbocycles. The number of carbonyl (C=O) groups is 3. The average Bonchev–Trinajstić information content (AvgIpc) is 3.09. The molecule has 180 valence electrons. The summed E-state index contributed by atoms with van der Waals surface area (Å²) in [7, 11) is 3.11. The van der Waals surface area contributed by atoms with Crippen molar-refractivity contribution in [2.24, 2.45) is 0 Å². The lowest BCUT2D eigenvalue weighted by atomic mass is 10.1. The molecule has 0 radical (unpaired) electrons. The number of urea groups is 1. The molecule has 8 nitrogen and oxygen atoms in total. The van der Waals surface area contributed by atoms with Crippen LogP contribution in [0.5, 0.6) is 11.5 Å². The first-order valence-electron chi connectivity index (χ1n) is 10.9. The van der Waals surface area contributed by atoms with Crippen LogP contribution in [0.3, 0.4) is 0 Å². The van der Waals surface area contributed by atoms with Crippen LogP contribution in [0.4, 0.5) is 16.2 Å². The predicted octanol–water partition coefficient (Wildman–Crippen LogP) is 4.72. The summed E-state index contributed by atoms with van der Waals surface area (Å²) in [5.74, 6) is 0.409. The van der Waals surface area contributed by atoms with Crippen molar-refractivity contribution in [2.45, 2.75) is 19.0 Å². The number of rotatable bonds is 8. The normalized spacial score (nSPS) is 15.3. The number of benzene rings is 3. The summed E-state index contributed by atoms with van der Waals surface area (Å²) in [6, 6.07) is 19.0. The number of halogens is 1. The highest BCUT2D eigenvalue weighted by Gasteiger charge is 2.46. The Bertz CT molecular complexity index is 1230. The number of nitrogens with zero attached hydrogens (tertiary/aromatic N) is 2. The molecule has 3 aromatic rings. The maximum Gasteiger partial charge on any atom is 0.332 e. The largest absolute Gasteiger partial charge is 0.497 e. The van der Waals surface area contributed by atoms with Crippen LogP contribution < -0.4 is 19.7 Å².